The molecule has 1 atom stereocenters. The van der Waals surface area contributed by atoms with Crippen LogP contribution in [0.5, 0.6) is 0 Å². The molecule has 1 aliphatic heterocycles. The van der Waals surface area contributed by atoms with Crippen molar-refractivity contribution in [2.45, 2.75) is 13.0 Å². The molecule has 0 saturated heterocycles. The van der Waals surface area contributed by atoms with Crippen molar-refractivity contribution in [3.05, 3.63) is 71.3 Å². The van der Waals surface area contributed by atoms with Gasteiger partial charge >= 0.3 is 0 Å². The molecule has 78 valence electrons. The van der Waals surface area contributed by atoms with Crippen LogP contribution in [0.15, 0.2) is 59.6 Å². The summed E-state index contributed by atoms with van der Waals surface area (Å²) in [5, 5.41) is 0. The van der Waals surface area contributed by atoms with E-state index in [0.29, 0.717) is 6.04 Å². The van der Waals surface area contributed by atoms with Crippen molar-refractivity contribution in [3.63, 3.8) is 0 Å². The molecule has 1 aliphatic rings. The highest BCUT2D eigenvalue weighted by Crippen LogP contribution is 2.34. The Morgan fingerprint density at radius 3 is 2.25 bits per heavy atom. The van der Waals surface area contributed by atoms with Crippen molar-refractivity contribution in [2.75, 3.05) is 0 Å². The largest absolute Gasteiger partial charge is 0.272 e. The standard InChI is InChI=1S/C15H13N/c1-11-7-9-13(10-8-11)15-14(16-15)12-5-3-2-4-6-12/h2-10,15H,1H3. The molecule has 16 heavy (non-hydrogen) atoms. The van der Waals surface area contributed by atoms with Crippen LogP contribution in [0.3, 0.4) is 0 Å². The van der Waals surface area contributed by atoms with Crippen molar-refractivity contribution in [1.82, 2.24) is 0 Å². The number of hydrogen-bond acceptors (Lipinski definition) is 1. The lowest BCUT2D eigenvalue weighted by Gasteiger charge is -1.99. The normalized spacial score (nSPS) is 18.1. The van der Waals surface area contributed by atoms with E-state index >= 15 is 0 Å². The number of hydrogen-bond donors (Lipinski definition) is 0. The highest BCUT2D eigenvalue weighted by molar-refractivity contribution is 6.13. The van der Waals surface area contributed by atoms with Crippen LogP contribution in [0.4, 0.5) is 0 Å². The highest BCUT2D eigenvalue weighted by atomic mass is 15.0. The van der Waals surface area contributed by atoms with Crippen LogP contribution < -0.4 is 0 Å². The van der Waals surface area contributed by atoms with Gasteiger partial charge in [0.1, 0.15) is 6.04 Å². The number of nitrogens with zero attached hydrogens (tertiary/aromatic N) is 1. The van der Waals surface area contributed by atoms with Gasteiger partial charge in [0.15, 0.2) is 0 Å². The molecule has 0 N–H and O–H groups in total. The van der Waals surface area contributed by atoms with Crippen molar-refractivity contribution in [2.24, 2.45) is 4.99 Å². The smallest absolute Gasteiger partial charge is 0.118 e. The van der Waals surface area contributed by atoms with E-state index in [1.165, 1.54) is 22.4 Å². The van der Waals surface area contributed by atoms with Gasteiger partial charge in [-0.15, -0.1) is 0 Å². The Bertz CT molecular complexity index is 523. The van der Waals surface area contributed by atoms with Gasteiger partial charge in [0, 0.05) is 0 Å². The molecular weight excluding hydrogens is 194 g/mol. The summed E-state index contributed by atoms with van der Waals surface area (Å²) in [5.41, 5.74) is 5.05. The number of benzene rings is 2. The summed E-state index contributed by atoms with van der Waals surface area (Å²) in [7, 11) is 0. The number of rotatable bonds is 2. The molecule has 1 heterocycles. The maximum atomic E-state index is 4.54. The first-order chi connectivity index (χ1) is 7.84. The molecule has 1 unspecified atom stereocenters. The van der Waals surface area contributed by atoms with Crippen LogP contribution in [0, 0.1) is 6.92 Å². The quantitative estimate of drug-likeness (QED) is 0.714. The van der Waals surface area contributed by atoms with Gasteiger partial charge in [-0.2, -0.15) is 0 Å². The Morgan fingerprint density at radius 2 is 1.56 bits per heavy atom. The van der Waals surface area contributed by atoms with Crippen molar-refractivity contribution >= 4 is 5.71 Å². The van der Waals surface area contributed by atoms with E-state index in [0.717, 1.165) is 0 Å². The lowest BCUT2D eigenvalue weighted by Crippen LogP contribution is -1.92. The van der Waals surface area contributed by atoms with Gasteiger partial charge in [-0.25, -0.2) is 0 Å². The van der Waals surface area contributed by atoms with Crippen LogP contribution in [-0.2, 0) is 0 Å². The molecule has 0 saturated carbocycles. The van der Waals surface area contributed by atoms with E-state index in [-0.39, 0.29) is 0 Å². The van der Waals surface area contributed by atoms with E-state index < -0.39 is 0 Å². The third-order valence-corrected chi connectivity index (χ3v) is 2.92. The molecule has 1 heteroatoms. The maximum Gasteiger partial charge on any atom is 0.118 e. The Labute approximate surface area is 95.5 Å². The van der Waals surface area contributed by atoms with Gasteiger partial charge in [-0.1, -0.05) is 60.2 Å². The molecule has 3 rings (SSSR count). The number of aryl methyl sites for hydroxylation is 1. The van der Waals surface area contributed by atoms with E-state index in [1.54, 1.807) is 0 Å². The maximum absolute atomic E-state index is 4.54. The lowest BCUT2D eigenvalue weighted by molar-refractivity contribution is 1.13. The summed E-state index contributed by atoms with van der Waals surface area (Å²) in [5.74, 6) is 0. The van der Waals surface area contributed by atoms with Crippen LogP contribution in [0.2, 0.25) is 0 Å². The van der Waals surface area contributed by atoms with Gasteiger partial charge in [-0.3, -0.25) is 4.99 Å². The zero-order valence-corrected chi connectivity index (χ0v) is 9.22. The first kappa shape index (κ1) is 9.34. The molecule has 2 aromatic carbocycles. The molecule has 0 radical (unpaired) electrons. The second kappa shape index (κ2) is 3.60. The predicted molar refractivity (Wildman–Crippen MR) is 66.9 cm³/mol. The second-order valence-electron chi connectivity index (χ2n) is 4.19. The third-order valence-electron chi connectivity index (χ3n) is 2.92. The van der Waals surface area contributed by atoms with E-state index in [4.69, 9.17) is 0 Å². The topological polar surface area (TPSA) is 12.4 Å². The fourth-order valence-corrected chi connectivity index (χ4v) is 1.92. The Kier molecular flexibility index (Phi) is 2.10. The molecule has 0 aromatic heterocycles. The van der Waals surface area contributed by atoms with Gasteiger partial charge in [0.2, 0.25) is 0 Å². The van der Waals surface area contributed by atoms with E-state index in [9.17, 15) is 0 Å². The average molecular weight is 207 g/mol. The van der Waals surface area contributed by atoms with Crippen LogP contribution in [-0.4, -0.2) is 5.71 Å². The lowest BCUT2D eigenvalue weighted by atomic mass is 10.0. The minimum Gasteiger partial charge on any atom is -0.272 e. The van der Waals surface area contributed by atoms with Gasteiger partial charge < -0.3 is 0 Å². The molecule has 0 amide bonds. The molecule has 0 spiro atoms. The van der Waals surface area contributed by atoms with Crippen molar-refractivity contribution in [1.29, 1.82) is 0 Å². The van der Waals surface area contributed by atoms with Crippen molar-refractivity contribution in [3.8, 4) is 0 Å². The molecular formula is C15H13N. The Hall–Kier alpha value is -1.89. The summed E-state index contributed by atoms with van der Waals surface area (Å²) in [6.07, 6.45) is 0. The van der Waals surface area contributed by atoms with Crippen LogP contribution in [0.1, 0.15) is 22.7 Å². The second-order valence-corrected chi connectivity index (χ2v) is 4.19. The first-order valence-electron chi connectivity index (χ1n) is 5.54. The monoisotopic (exact) mass is 207 g/mol. The average Bonchev–Trinajstić information content (AvgIpc) is 3.11. The summed E-state index contributed by atoms with van der Waals surface area (Å²) >= 11 is 0. The van der Waals surface area contributed by atoms with Gasteiger partial charge in [0.25, 0.3) is 0 Å². The minimum absolute atomic E-state index is 0.294. The van der Waals surface area contributed by atoms with Crippen LogP contribution in [0.25, 0.3) is 0 Å². The Morgan fingerprint density at radius 1 is 0.875 bits per heavy atom. The van der Waals surface area contributed by atoms with E-state index in [1.807, 2.05) is 6.07 Å². The number of aliphatic imine (C=N–C) groups is 1. The summed E-state index contributed by atoms with van der Waals surface area (Å²) < 4.78 is 0. The molecule has 0 bridgehead atoms. The summed E-state index contributed by atoms with van der Waals surface area (Å²) in [6.45, 7) is 2.11. The third kappa shape index (κ3) is 1.65. The Balaban J connectivity index is 1.81. The fourth-order valence-electron chi connectivity index (χ4n) is 1.92. The SMILES string of the molecule is Cc1ccc(C2N=C2c2ccccc2)cc1. The summed E-state index contributed by atoms with van der Waals surface area (Å²) in [6, 6.07) is 19.3. The zero-order valence-electron chi connectivity index (χ0n) is 9.22. The molecule has 0 aliphatic carbocycles. The first-order valence-corrected chi connectivity index (χ1v) is 5.54. The van der Waals surface area contributed by atoms with Gasteiger partial charge in [0.05, 0.1) is 5.71 Å². The fraction of sp³-hybridized carbons (Fsp3) is 0.133. The molecule has 1 nitrogen and oxygen atoms in total. The zero-order chi connectivity index (χ0) is 11.0. The van der Waals surface area contributed by atoms with Crippen LogP contribution >= 0.6 is 0 Å². The van der Waals surface area contributed by atoms with E-state index in [2.05, 4.69) is 60.4 Å². The summed E-state index contributed by atoms with van der Waals surface area (Å²) in [4.78, 5) is 4.54. The predicted octanol–water partition coefficient (Wildman–Crippen LogP) is 3.54. The minimum atomic E-state index is 0.294. The van der Waals surface area contributed by atoms with Crippen molar-refractivity contribution < 1.29 is 0 Å². The van der Waals surface area contributed by atoms with Gasteiger partial charge in [-0.05, 0) is 18.1 Å². The molecule has 0 fully saturated rings. The molecule has 2 aromatic rings. The highest BCUT2D eigenvalue weighted by Gasteiger charge is 2.29.